The van der Waals surface area contributed by atoms with Gasteiger partial charge in [0.25, 0.3) is 0 Å². The summed E-state index contributed by atoms with van der Waals surface area (Å²) in [5.41, 5.74) is 2.58. The fraction of sp³-hybridized carbons (Fsp3) is 0.619. The SMILES string of the molecule is c1ncc(-c2ncc(N3CCC4(CC3)CCN(C3CCC3)CC4)cn2)cn1. The Morgan fingerprint density at radius 3 is 2.04 bits per heavy atom. The Morgan fingerprint density at radius 1 is 0.815 bits per heavy atom. The lowest BCUT2D eigenvalue weighted by atomic mass is 9.70. The number of aromatic nitrogens is 4. The van der Waals surface area contributed by atoms with Gasteiger partial charge in [-0.15, -0.1) is 0 Å². The zero-order chi connectivity index (χ0) is 18.1. The molecule has 1 aliphatic carbocycles. The molecule has 3 aliphatic rings. The molecule has 5 rings (SSSR count). The predicted octanol–water partition coefficient (Wildman–Crippen LogP) is 3.17. The summed E-state index contributed by atoms with van der Waals surface area (Å²) in [6.07, 6.45) is 18.6. The second kappa shape index (κ2) is 7.15. The van der Waals surface area contributed by atoms with Gasteiger partial charge in [0.2, 0.25) is 0 Å². The summed E-state index contributed by atoms with van der Waals surface area (Å²) in [6, 6.07) is 0.910. The first kappa shape index (κ1) is 17.0. The summed E-state index contributed by atoms with van der Waals surface area (Å²) in [7, 11) is 0. The first-order chi connectivity index (χ1) is 13.3. The summed E-state index contributed by atoms with van der Waals surface area (Å²) in [6.45, 7) is 4.89. The summed E-state index contributed by atoms with van der Waals surface area (Å²) in [4.78, 5) is 22.4. The highest BCUT2D eigenvalue weighted by atomic mass is 15.2. The van der Waals surface area contributed by atoms with E-state index in [-0.39, 0.29) is 0 Å². The zero-order valence-corrected chi connectivity index (χ0v) is 15.9. The minimum atomic E-state index is 0.582. The number of hydrogen-bond donors (Lipinski definition) is 0. The number of hydrogen-bond acceptors (Lipinski definition) is 6. The van der Waals surface area contributed by atoms with E-state index in [2.05, 4.69) is 29.7 Å². The van der Waals surface area contributed by atoms with E-state index in [0.717, 1.165) is 30.4 Å². The first-order valence-electron chi connectivity index (χ1n) is 10.4. The minimum Gasteiger partial charge on any atom is -0.369 e. The van der Waals surface area contributed by atoms with Gasteiger partial charge in [0.1, 0.15) is 6.33 Å². The molecule has 2 saturated heterocycles. The number of anilines is 1. The topological polar surface area (TPSA) is 58.0 Å². The maximum Gasteiger partial charge on any atom is 0.162 e. The van der Waals surface area contributed by atoms with Crippen LogP contribution in [0.5, 0.6) is 0 Å². The van der Waals surface area contributed by atoms with E-state index in [1.165, 1.54) is 64.4 Å². The molecule has 0 radical (unpaired) electrons. The smallest absolute Gasteiger partial charge is 0.162 e. The molecule has 0 aromatic carbocycles. The zero-order valence-electron chi connectivity index (χ0n) is 15.9. The van der Waals surface area contributed by atoms with Crippen molar-refractivity contribution in [2.75, 3.05) is 31.1 Å². The first-order valence-corrected chi connectivity index (χ1v) is 10.4. The van der Waals surface area contributed by atoms with Gasteiger partial charge in [-0.3, -0.25) is 0 Å². The lowest BCUT2D eigenvalue weighted by molar-refractivity contribution is 0.0306. The van der Waals surface area contributed by atoms with Crippen LogP contribution >= 0.6 is 0 Å². The van der Waals surface area contributed by atoms with Crippen molar-refractivity contribution in [2.24, 2.45) is 5.41 Å². The normalized spacial score (nSPS) is 23.3. The van der Waals surface area contributed by atoms with E-state index >= 15 is 0 Å². The summed E-state index contributed by atoms with van der Waals surface area (Å²) in [5, 5.41) is 0. The Kier molecular flexibility index (Phi) is 4.52. The Bertz CT molecular complexity index is 740. The average Bonchev–Trinajstić information content (AvgIpc) is 2.70. The van der Waals surface area contributed by atoms with Gasteiger partial charge in [0, 0.05) is 31.5 Å². The third-order valence-electron chi connectivity index (χ3n) is 7.10. The van der Waals surface area contributed by atoms with Gasteiger partial charge in [-0.25, -0.2) is 19.9 Å². The van der Waals surface area contributed by atoms with Crippen LogP contribution < -0.4 is 4.90 Å². The molecule has 1 saturated carbocycles. The van der Waals surface area contributed by atoms with Crippen molar-refractivity contribution in [1.82, 2.24) is 24.8 Å². The minimum absolute atomic E-state index is 0.582. The summed E-state index contributed by atoms with van der Waals surface area (Å²) < 4.78 is 0. The summed E-state index contributed by atoms with van der Waals surface area (Å²) in [5.74, 6) is 0.691. The third-order valence-corrected chi connectivity index (χ3v) is 7.10. The van der Waals surface area contributed by atoms with Gasteiger partial charge >= 0.3 is 0 Å². The number of likely N-dealkylation sites (tertiary alicyclic amines) is 1. The lowest BCUT2D eigenvalue weighted by Gasteiger charge is -2.50. The molecule has 6 heteroatoms. The van der Waals surface area contributed by atoms with E-state index in [1.54, 1.807) is 12.4 Å². The molecule has 2 aromatic heterocycles. The molecule has 0 amide bonds. The fourth-order valence-corrected chi connectivity index (χ4v) is 4.90. The molecule has 27 heavy (non-hydrogen) atoms. The Hall–Kier alpha value is -2.08. The van der Waals surface area contributed by atoms with E-state index < -0.39 is 0 Å². The van der Waals surface area contributed by atoms with Gasteiger partial charge < -0.3 is 9.80 Å². The molecule has 0 N–H and O–H groups in total. The van der Waals surface area contributed by atoms with Crippen LogP contribution in [0.2, 0.25) is 0 Å². The van der Waals surface area contributed by atoms with Crippen molar-refractivity contribution >= 4 is 5.69 Å². The van der Waals surface area contributed by atoms with Crippen molar-refractivity contribution in [3.05, 3.63) is 31.1 Å². The van der Waals surface area contributed by atoms with Crippen LogP contribution in [-0.4, -0.2) is 57.1 Å². The van der Waals surface area contributed by atoms with Crippen LogP contribution in [0.1, 0.15) is 44.9 Å². The van der Waals surface area contributed by atoms with Crippen LogP contribution in [0.3, 0.4) is 0 Å². The second-order valence-electron chi connectivity index (χ2n) is 8.50. The molecule has 1 spiro atoms. The number of piperidine rings is 2. The van der Waals surface area contributed by atoms with Crippen LogP contribution in [0, 0.1) is 5.41 Å². The van der Waals surface area contributed by atoms with Crippen molar-refractivity contribution in [1.29, 1.82) is 0 Å². The molecule has 0 unspecified atom stereocenters. The van der Waals surface area contributed by atoms with E-state index in [0.29, 0.717) is 11.2 Å². The van der Waals surface area contributed by atoms with Gasteiger partial charge in [0.15, 0.2) is 5.82 Å². The Balaban J connectivity index is 1.18. The molecule has 4 heterocycles. The molecule has 142 valence electrons. The fourth-order valence-electron chi connectivity index (χ4n) is 4.90. The average molecular weight is 364 g/mol. The standard InChI is InChI=1S/C21H28N6/c1-2-18(3-1)26-8-4-21(5-9-26)6-10-27(11-7-21)19-14-24-20(25-15-19)17-12-22-16-23-13-17/h12-16,18H,1-11H2. The van der Waals surface area contributed by atoms with Crippen LogP contribution in [0.25, 0.3) is 11.4 Å². The highest BCUT2D eigenvalue weighted by molar-refractivity contribution is 5.54. The second-order valence-corrected chi connectivity index (χ2v) is 8.50. The molecule has 0 atom stereocenters. The number of rotatable bonds is 3. The van der Waals surface area contributed by atoms with Crippen LogP contribution in [-0.2, 0) is 0 Å². The number of nitrogens with zero attached hydrogens (tertiary/aromatic N) is 6. The van der Waals surface area contributed by atoms with Crippen LogP contribution in [0.4, 0.5) is 5.69 Å². The predicted molar refractivity (Wildman–Crippen MR) is 105 cm³/mol. The van der Waals surface area contributed by atoms with Gasteiger partial charge in [-0.2, -0.15) is 0 Å². The van der Waals surface area contributed by atoms with Crippen molar-refractivity contribution < 1.29 is 0 Å². The molecule has 0 bridgehead atoms. The van der Waals surface area contributed by atoms with Crippen molar-refractivity contribution in [2.45, 2.75) is 51.0 Å². The van der Waals surface area contributed by atoms with E-state index in [4.69, 9.17) is 0 Å². The maximum atomic E-state index is 4.53. The monoisotopic (exact) mass is 364 g/mol. The largest absolute Gasteiger partial charge is 0.369 e. The molecular formula is C21H28N6. The highest BCUT2D eigenvalue weighted by Crippen LogP contribution is 2.43. The van der Waals surface area contributed by atoms with Crippen LogP contribution in [0.15, 0.2) is 31.1 Å². The summed E-state index contributed by atoms with van der Waals surface area (Å²) >= 11 is 0. The van der Waals surface area contributed by atoms with Gasteiger partial charge in [-0.1, -0.05) is 6.42 Å². The van der Waals surface area contributed by atoms with Gasteiger partial charge in [0.05, 0.1) is 23.6 Å². The Morgan fingerprint density at radius 2 is 1.44 bits per heavy atom. The molecule has 6 nitrogen and oxygen atoms in total. The molecular weight excluding hydrogens is 336 g/mol. The van der Waals surface area contributed by atoms with Crippen molar-refractivity contribution in [3.63, 3.8) is 0 Å². The molecule has 3 fully saturated rings. The molecule has 2 aromatic rings. The quantitative estimate of drug-likeness (QED) is 0.834. The third kappa shape index (κ3) is 3.43. The Labute approximate surface area is 161 Å². The highest BCUT2D eigenvalue weighted by Gasteiger charge is 2.39. The lowest BCUT2D eigenvalue weighted by Crippen LogP contribution is -2.50. The maximum absolute atomic E-state index is 4.53. The van der Waals surface area contributed by atoms with E-state index in [1.807, 2.05) is 12.4 Å². The van der Waals surface area contributed by atoms with Gasteiger partial charge in [-0.05, 0) is 57.0 Å². The molecule has 2 aliphatic heterocycles. The van der Waals surface area contributed by atoms with Crippen molar-refractivity contribution in [3.8, 4) is 11.4 Å². The van der Waals surface area contributed by atoms with E-state index in [9.17, 15) is 0 Å².